The van der Waals surface area contributed by atoms with Crippen molar-refractivity contribution in [2.24, 2.45) is 5.92 Å². The number of nitrogens with zero attached hydrogens (tertiary/aromatic N) is 1. The van der Waals surface area contributed by atoms with E-state index in [0.29, 0.717) is 6.42 Å². The molecular weight excluding hydrogens is 200 g/mol. The Morgan fingerprint density at radius 3 is 2.31 bits per heavy atom. The topological polar surface area (TPSA) is 32.3 Å². The van der Waals surface area contributed by atoms with E-state index in [2.05, 4.69) is 19.2 Å². The molecule has 0 atom stereocenters. The van der Waals surface area contributed by atoms with Crippen LogP contribution in [-0.4, -0.2) is 38.0 Å². The minimum absolute atomic E-state index is 0.224. The zero-order valence-electron chi connectivity index (χ0n) is 11.4. The zero-order chi connectivity index (χ0) is 12.4. The van der Waals surface area contributed by atoms with Gasteiger partial charge in [0, 0.05) is 20.5 Å². The molecule has 0 spiro atoms. The smallest absolute Gasteiger partial charge is 0.222 e. The minimum Gasteiger partial charge on any atom is -0.349 e. The number of carbonyl (C=O) groups excluding carboxylic acids is 1. The molecule has 0 saturated carbocycles. The standard InChI is InChI=1S/C13H28N2O/c1-12(2)8-5-6-10-14-11-7-9-13(16)15(3)4/h12,14H,5-11H2,1-4H3. The lowest BCUT2D eigenvalue weighted by Gasteiger charge is -2.10. The van der Waals surface area contributed by atoms with Gasteiger partial charge in [-0.05, 0) is 31.8 Å². The van der Waals surface area contributed by atoms with E-state index >= 15 is 0 Å². The highest BCUT2D eigenvalue weighted by Gasteiger charge is 2.02. The quantitative estimate of drug-likeness (QED) is 0.614. The van der Waals surface area contributed by atoms with Gasteiger partial charge in [-0.1, -0.05) is 26.7 Å². The van der Waals surface area contributed by atoms with Crippen molar-refractivity contribution in [3.63, 3.8) is 0 Å². The van der Waals surface area contributed by atoms with Crippen molar-refractivity contribution >= 4 is 5.91 Å². The van der Waals surface area contributed by atoms with Gasteiger partial charge in [-0.2, -0.15) is 0 Å². The molecule has 16 heavy (non-hydrogen) atoms. The summed E-state index contributed by atoms with van der Waals surface area (Å²) >= 11 is 0. The second-order valence-corrected chi connectivity index (χ2v) is 5.03. The number of unbranched alkanes of at least 4 members (excludes halogenated alkanes) is 1. The Hall–Kier alpha value is -0.570. The fourth-order valence-electron chi connectivity index (χ4n) is 1.52. The molecule has 3 heteroatoms. The number of rotatable bonds is 9. The number of nitrogens with one attached hydrogen (secondary N) is 1. The van der Waals surface area contributed by atoms with E-state index in [9.17, 15) is 4.79 Å². The fourth-order valence-corrected chi connectivity index (χ4v) is 1.52. The van der Waals surface area contributed by atoms with Crippen molar-refractivity contribution in [2.45, 2.75) is 46.0 Å². The van der Waals surface area contributed by atoms with Crippen LogP contribution in [0.15, 0.2) is 0 Å². The molecule has 0 aromatic rings. The molecular formula is C13H28N2O. The zero-order valence-corrected chi connectivity index (χ0v) is 11.4. The average Bonchev–Trinajstić information content (AvgIpc) is 2.21. The van der Waals surface area contributed by atoms with Gasteiger partial charge in [0.2, 0.25) is 5.91 Å². The van der Waals surface area contributed by atoms with Crippen molar-refractivity contribution < 1.29 is 4.79 Å². The monoisotopic (exact) mass is 228 g/mol. The molecule has 0 aliphatic rings. The first-order valence-electron chi connectivity index (χ1n) is 6.45. The molecule has 0 aromatic heterocycles. The third kappa shape index (κ3) is 9.97. The van der Waals surface area contributed by atoms with Crippen LogP contribution < -0.4 is 5.32 Å². The maximum atomic E-state index is 11.3. The molecule has 0 fully saturated rings. The molecule has 1 amide bonds. The van der Waals surface area contributed by atoms with Crippen molar-refractivity contribution in [1.29, 1.82) is 0 Å². The van der Waals surface area contributed by atoms with Crippen LogP contribution >= 0.6 is 0 Å². The summed E-state index contributed by atoms with van der Waals surface area (Å²) in [7, 11) is 3.61. The molecule has 0 radical (unpaired) electrons. The molecule has 3 nitrogen and oxygen atoms in total. The van der Waals surface area contributed by atoms with Crippen molar-refractivity contribution in [2.75, 3.05) is 27.2 Å². The lowest BCUT2D eigenvalue weighted by atomic mass is 10.1. The van der Waals surface area contributed by atoms with Crippen LogP contribution in [0.3, 0.4) is 0 Å². The van der Waals surface area contributed by atoms with Gasteiger partial charge in [0.05, 0.1) is 0 Å². The van der Waals surface area contributed by atoms with Crippen LogP contribution in [0, 0.1) is 5.92 Å². The molecule has 1 N–H and O–H groups in total. The minimum atomic E-state index is 0.224. The Morgan fingerprint density at radius 1 is 1.12 bits per heavy atom. The van der Waals surface area contributed by atoms with Crippen LogP contribution in [0.4, 0.5) is 0 Å². The molecule has 0 aliphatic heterocycles. The first-order chi connectivity index (χ1) is 7.54. The van der Waals surface area contributed by atoms with Gasteiger partial charge in [-0.3, -0.25) is 4.79 Å². The van der Waals surface area contributed by atoms with E-state index in [1.54, 1.807) is 4.90 Å². The van der Waals surface area contributed by atoms with Gasteiger partial charge in [0.15, 0.2) is 0 Å². The predicted octanol–water partition coefficient (Wildman–Crippen LogP) is 2.27. The van der Waals surface area contributed by atoms with Gasteiger partial charge in [-0.25, -0.2) is 0 Å². The van der Waals surface area contributed by atoms with Crippen molar-refractivity contribution in [3.8, 4) is 0 Å². The van der Waals surface area contributed by atoms with Crippen LogP contribution in [0.1, 0.15) is 46.0 Å². The molecule has 0 rings (SSSR count). The largest absolute Gasteiger partial charge is 0.349 e. The number of carbonyl (C=O) groups is 1. The van der Waals surface area contributed by atoms with Gasteiger partial charge in [0.25, 0.3) is 0 Å². The van der Waals surface area contributed by atoms with Gasteiger partial charge < -0.3 is 10.2 Å². The van der Waals surface area contributed by atoms with E-state index in [0.717, 1.165) is 25.4 Å². The van der Waals surface area contributed by atoms with Gasteiger partial charge >= 0.3 is 0 Å². The van der Waals surface area contributed by atoms with E-state index in [1.165, 1.54) is 19.3 Å². The number of hydrogen-bond donors (Lipinski definition) is 1. The Labute approximate surface area is 101 Å². The summed E-state index contributed by atoms with van der Waals surface area (Å²) in [5, 5.41) is 3.38. The van der Waals surface area contributed by atoms with Crippen LogP contribution in [-0.2, 0) is 4.79 Å². The molecule has 0 saturated heterocycles. The first-order valence-corrected chi connectivity index (χ1v) is 6.45. The highest BCUT2D eigenvalue weighted by molar-refractivity contribution is 5.75. The normalized spacial score (nSPS) is 10.8. The summed E-state index contributed by atoms with van der Waals surface area (Å²) in [6.07, 6.45) is 5.48. The number of hydrogen-bond acceptors (Lipinski definition) is 2. The van der Waals surface area contributed by atoms with Crippen LogP contribution in [0.2, 0.25) is 0 Å². The van der Waals surface area contributed by atoms with E-state index in [1.807, 2.05) is 14.1 Å². The summed E-state index contributed by atoms with van der Waals surface area (Å²) in [6.45, 7) is 6.57. The molecule has 0 bridgehead atoms. The third-order valence-corrected chi connectivity index (χ3v) is 2.63. The molecule has 96 valence electrons. The van der Waals surface area contributed by atoms with Gasteiger partial charge in [-0.15, -0.1) is 0 Å². The van der Waals surface area contributed by atoms with Crippen LogP contribution in [0.25, 0.3) is 0 Å². The summed E-state index contributed by atoms with van der Waals surface area (Å²) in [5.74, 6) is 1.04. The Morgan fingerprint density at radius 2 is 1.75 bits per heavy atom. The molecule has 0 heterocycles. The summed E-state index contributed by atoms with van der Waals surface area (Å²) < 4.78 is 0. The predicted molar refractivity (Wildman–Crippen MR) is 69.5 cm³/mol. The maximum absolute atomic E-state index is 11.3. The van der Waals surface area contributed by atoms with Gasteiger partial charge in [0.1, 0.15) is 0 Å². The number of amides is 1. The van der Waals surface area contributed by atoms with Crippen molar-refractivity contribution in [1.82, 2.24) is 10.2 Å². The summed E-state index contributed by atoms with van der Waals surface area (Å²) in [5.41, 5.74) is 0. The lowest BCUT2D eigenvalue weighted by Crippen LogP contribution is -2.23. The summed E-state index contributed by atoms with van der Waals surface area (Å²) in [6, 6.07) is 0. The fraction of sp³-hybridized carbons (Fsp3) is 0.923. The Kier molecular flexibility index (Phi) is 9.30. The first kappa shape index (κ1) is 15.4. The van der Waals surface area contributed by atoms with Crippen LogP contribution in [0.5, 0.6) is 0 Å². The Bertz CT molecular complexity index is 179. The van der Waals surface area contributed by atoms with E-state index in [4.69, 9.17) is 0 Å². The van der Waals surface area contributed by atoms with E-state index < -0.39 is 0 Å². The summed E-state index contributed by atoms with van der Waals surface area (Å²) in [4.78, 5) is 12.9. The Balaban J connectivity index is 3.13. The average molecular weight is 228 g/mol. The molecule has 0 aromatic carbocycles. The SMILES string of the molecule is CC(C)CCCCNCCCC(=O)N(C)C. The maximum Gasteiger partial charge on any atom is 0.222 e. The molecule has 0 aliphatic carbocycles. The van der Waals surface area contributed by atoms with Crippen molar-refractivity contribution in [3.05, 3.63) is 0 Å². The second-order valence-electron chi connectivity index (χ2n) is 5.03. The van der Waals surface area contributed by atoms with E-state index in [-0.39, 0.29) is 5.91 Å². The lowest BCUT2D eigenvalue weighted by molar-refractivity contribution is -0.128. The third-order valence-electron chi connectivity index (χ3n) is 2.63. The highest BCUT2D eigenvalue weighted by atomic mass is 16.2. The molecule has 0 unspecified atom stereocenters. The highest BCUT2D eigenvalue weighted by Crippen LogP contribution is 2.05. The second kappa shape index (κ2) is 9.64.